The Bertz CT molecular complexity index is 176. The van der Waals surface area contributed by atoms with Gasteiger partial charge in [-0.25, -0.2) is 9.98 Å². The van der Waals surface area contributed by atoms with Gasteiger partial charge in [-0.2, -0.15) is 0 Å². The third-order valence-corrected chi connectivity index (χ3v) is 1.33. The van der Waals surface area contributed by atoms with Gasteiger partial charge in [-0.05, 0) is 6.92 Å². The zero-order valence-electron chi connectivity index (χ0n) is 8.07. The fraction of sp³-hybridized carbons (Fsp3) is 0.714. The molecule has 0 unspecified atom stereocenters. The average Bonchev–Trinajstić information content (AvgIpc) is 2.04. The van der Waals surface area contributed by atoms with Crippen LogP contribution in [0, 0.1) is 0 Å². The van der Waals surface area contributed by atoms with Gasteiger partial charge in [-0.15, -0.1) is 0 Å². The summed E-state index contributed by atoms with van der Waals surface area (Å²) in [5.74, 6) is 0.833. The zero-order chi connectivity index (χ0) is 9.72. The van der Waals surface area contributed by atoms with Crippen molar-refractivity contribution in [3.8, 4) is 0 Å². The maximum atomic E-state index is 5.47. The molecule has 1 aliphatic heterocycles. The van der Waals surface area contributed by atoms with Crippen molar-refractivity contribution >= 4 is 11.9 Å². The van der Waals surface area contributed by atoms with Gasteiger partial charge in [-0.3, -0.25) is 4.90 Å². The summed E-state index contributed by atoms with van der Waals surface area (Å²) in [4.78, 5) is 9.48. The molecule has 0 spiro atoms. The monoisotopic (exact) mass is 171 g/mol. The summed E-state index contributed by atoms with van der Waals surface area (Å²) in [6.45, 7) is 5.83. The lowest BCUT2D eigenvalue weighted by Gasteiger charge is -2.22. The van der Waals surface area contributed by atoms with E-state index in [2.05, 4.69) is 9.98 Å². The molecule has 0 amide bonds. The highest BCUT2D eigenvalue weighted by Gasteiger charge is 2.13. The smallest absolute Gasteiger partial charge is 0.200 e. The van der Waals surface area contributed by atoms with Crippen molar-refractivity contribution in [2.45, 2.75) is 26.9 Å². The Kier molecular flexibility index (Phi) is 4.10. The van der Waals surface area contributed by atoms with Gasteiger partial charge in [0.2, 0.25) is 0 Å². The molecule has 0 aromatic carbocycles. The SMILES string of the molecule is CC.CC1N=C(N)N(C)C(N)=N1. The summed E-state index contributed by atoms with van der Waals surface area (Å²) in [7, 11) is 1.73. The molecular weight excluding hydrogens is 154 g/mol. The first-order valence-corrected chi connectivity index (χ1v) is 4.01. The van der Waals surface area contributed by atoms with Gasteiger partial charge in [0, 0.05) is 7.05 Å². The highest BCUT2D eigenvalue weighted by molar-refractivity contribution is 5.98. The molecule has 0 atom stereocenters. The molecule has 0 fully saturated rings. The second-order valence-corrected chi connectivity index (χ2v) is 2.17. The molecule has 0 aliphatic carbocycles. The van der Waals surface area contributed by atoms with Crippen molar-refractivity contribution in [1.29, 1.82) is 0 Å². The number of nitrogens with two attached hydrogens (primary N) is 2. The molecule has 0 saturated carbocycles. The van der Waals surface area contributed by atoms with Crippen LogP contribution in [0.15, 0.2) is 9.98 Å². The van der Waals surface area contributed by atoms with E-state index in [1.165, 1.54) is 0 Å². The van der Waals surface area contributed by atoms with Gasteiger partial charge in [0.05, 0.1) is 0 Å². The topological polar surface area (TPSA) is 80.0 Å². The predicted molar refractivity (Wildman–Crippen MR) is 51.8 cm³/mol. The van der Waals surface area contributed by atoms with E-state index in [0.717, 1.165) is 0 Å². The van der Waals surface area contributed by atoms with E-state index in [-0.39, 0.29) is 6.17 Å². The maximum absolute atomic E-state index is 5.47. The highest BCUT2D eigenvalue weighted by atomic mass is 15.4. The Hall–Kier alpha value is -1.26. The van der Waals surface area contributed by atoms with E-state index < -0.39 is 0 Å². The molecule has 0 aromatic rings. The molecule has 0 saturated heterocycles. The van der Waals surface area contributed by atoms with Crippen LogP contribution < -0.4 is 11.5 Å². The van der Waals surface area contributed by atoms with E-state index in [4.69, 9.17) is 11.5 Å². The van der Waals surface area contributed by atoms with Crippen LogP contribution in [0.3, 0.4) is 0 Å². The Morgan fingerprint density at radius 2 is 1.50 bits per heavy atom. The van der Waals surface area contributed by atoms with E-state index in [1.54, 1.807) is 11.9 Å². The third kappa shape index (κ3) is 2.41. The van der Waals surface area contributed by atoms with E-state index in [9.17, 15) is 0 Å². The number of hydrogen-bond donors (Lipinski definition) is 2. The van der Waals surface area contributed by atoms with Crippen LogP contribution in [0.25, 0.3) is 0 Å². The van der Waals surface area contributed by atoms with Crippen LogP contribution in [-0.4, -0.2) is 30.0 Å². The van der Waals surface area contributed by atoms with Gasteiger partial charge in [0.1, 0.15) is 6.17 Å². The Morgan fingerprint density at radius 3 is 1.83 bits per heavy atom. The summed E-state index contributed by atoms with van der Waals surface area (Å²) in [6, 6.07) is 0. The summed E-state index contributed by atoms with van der Waals surface area (Å²) >= 11 is 0. The number of aliphatic imine (C=N–C) groups is 2. The largest absolute Gasteiger partial charge is 0.369 e. The Labute approximate surface area is 73.2 Å². The van der Waals surface area contributed by atoms with Crippen LogP contribution >= 0.6 is 0 Å². The van der Waals surface area contributed by atoms with Crippen molar-refractivity contribution in [3.63, 3.8) is 0 Å². The molecule has 5 heteroatoms. The molecule has 5 nitrogen and oxygen atoms in total. The first kappa shape index (κ1) is 10.7. The second-order valence-electron chi connectivity index (χ2n) is 2.17. The minimum Gasteiger partial charge on any atom is -0.369 e. The van der Waals surface area contributed by atoms with Crippen LogP contribution in [-0.2, 0) is 0 Å². The fourth-order valence-corrected chi connectivity index (χ4v) is 0.702. The first-order valence-electron chi connectivity index (χ1n) is 4.01. The van der Waals surface area contributed by atoms with E-state index in [0.29, 0.717) is 11.9 Å². The molecule has 0 bridgehead atoms. The highest BCUT2D eigenvalue weighted by Crippen LogP contribution is 1.99. The molecular formula is C7H17N5. The van der Waals surface area contributed by atoms with Gasteiger partial charge in [0.25, 0.3) is 0 Å². The minimum absolute atomic E-state index is 0.142. The van der Waals surface area contributed by atoms with Gasteiger partial charge in [0.15, 0.2) is 11.9 Å². The van der Waals surface area contributed by atoms with Gasteiger partial charge in [-0.1, -0.05) is 13.8 Å². The zero-order valence-corrected chi connectivity index (χ0v) is 8.07. The predicted octanol–water partition coefficient (Wildman–Crippen LogP) is -0.0666. The van der Waals surface area contributed by atoms with Gasteiger partial charge < -0.3 is 11.5 Å². The minimum atomic E-state index is -0.142. The van der Waals surface area contributed by atoms with Crippen molar-refractivity contribution in [1.82, 2.24) is 4.90 Å². The lowest BCUT2D eigenvalue weighted by Crippen LogP contribution is -2.46. The van der Waals surface area contributed by atoms with Crippen LogP contribution in [0.2, 0.25) is 0 Å². The van der Waals surface area contributed by atoms with E-state index >= 15 is 0 Å². The molecule has 0 aromatic heterocycles. The summed E-state index contributed by atoms with van der Waals surface area (Å²) in [6.07, 6.45) is -0.142. The number of hydrogen-bond acceptors (Lipinski definition) is 5. The molecule has 1 heterocycles. The van der Waals surface area contributed by atoms with Crippen molar-refractivity contribution in [2.24, 2.45) is 21.5 Å². The summed E-state index contributed by atoms with van der Waals surface area (Å²) < 4.78 is 0. The Balaban J connectivity index is 0.000000561. The van der Waals surface area contributed by atoms with Crippen LogP contribution in [0.1, 0.15) is 20.8 Å². The molecule has 1 aliphatic rings. The van der Waals surface area contributed by atoms with Crippen molar-refractivity contribution in [3.05, 3.63) is 0 Å². The fourth-order valence-electron chi connectivity index (χ4n) is 0.702. The van der Waals surface area contributed by atoms with Gasteiger partial charge >= 0.3 is 0 Å². The quantitative estimate of drug-likeness (QED) is 0.535. The van der Waals surface area contributed by atoms with Crippen molar-refractivity contribution in [2.75, 3.05) is 7.05 Å². The number of rotatable bonds is 0. The maximum Gasteiger partial charge on any atom is 0.200 e. The summed E-state index contributed by atoms with van der Waals surface area (Å²) in [5, 5.41) is 0. The number of nitrogens with zero attached hydrogens (tertiary/aromatic N) is 3. The van der Waals surface area contributed by atoms with E-state index in [1.807, 2.05) is 20.8 Å². The lowest BCUT2D eigenvalue weighted by atomic mass is 10.5. The molecule has 12 heavy (non-hydrogen) atoms. The van der Waals surface area contributed by atoms with Crippen LogP contribution in [0.5, 0.6) is 0 Å². The standard InChI is InChI=1S/C5H11N5.C2H6/c1-3-8-4(6)10(2)5(7)9-3;1-2/h3H,1-2H3,(H2,6,8)(H2,7,9);1-2H3. The lowest BCUT2D eigenvalue weighted by molar-refractivity contribution is 0.641. The second kappa shape index (κ2) is 4.58. The number of guanidine groups is 2. The normalized spacial score (nSPS) is 17.5. The third-order valence-electron chi connectivity index (χ3n) is 1.33. The van der Waals surface area contributed by atoms with Crippen LogP contribution in [0.4, 0.5) is 0 Å². The molecule has 0 radical (unpaired) electrons. The first-order chi connectivity index (χ1) is 5.61. The molecule has 4 N–H and O–H groups in total. The van der Waals surface area contributed by atoms with Crippen molar-refractivity contribution < 1.29 is 0 Å². The average molecular weight is 171 g/mol. The Morgan fingerprint density at radius 1 is 1.17 bits per heavy atom. The summed E-state index contributed by atoms with van der Waals surface area (Å²) in [5.41, 5.74) is 10.9. The molecule has 1 rings (SSSR count). The molecule has 70 valence electrons.